The highest BCUT2D eigenvalue weighted by atomic mass is 15.4. The van der Waals surface area contributed by atoms with Crippen molar-refractivity contribution in [2.45, 2.75) is 45.7 Å². The van der Waals surface area contributed by atoms with Crippen LogP contribution in [0.25, 0.3) is 0 Å². The van der Waals surface area contributed by atoms with Crippen LogP contribution in [0.1, 0.15) is 37.4 Å². The summed E-state index contributed by atoms with van der Waals surface area (Å²) in [6.45, 7) is 11.1. The Bertz CT molecular complexity index is 481. The first-order valence-electron chi connectivity index (χ1n) is 8.43. The zero-order chi connectivity index (χ0) is 14.8. The maximum absolute atomic E-state index is 4.68. The van der Waals surface area contributed by atoms with E-state index in [-0.39, 0.29) is 0 Å². The number of aryl methyl sites for hydroxylation is 2. The van der Waals surface area contributed by atoms with Crippen LogP contribution in [0.2, 0.25) is 0 Å². The first kappa shape index (κ1) is 14.9. The highest BCUT2D eigenvalue weighted by molar-refractivity contribution is 5.50. The predicted octanol–water partition coefficient (Wildman–Crippen LogP) is 1.51. The van der Waals surface area contributed by atoms with Gasteiger partial charge in [-0.15, -0.1) is 0 Å². The summed E-state index contributed by atoms with van der Waals surface area (Å²) in [6.07, 6.45) is 3.99. The number of fused-ring (bicyclic) bond motifs is 1. The van der Waals surface area contributed by atoms with E-state index in [1.807, 2.05) is 0 Å². The van der Waals surface area contributed by atoms with Gasteiger partial charge in [0.05, 0.1) is 5.69 Å². The quantitative estimate of drug-likeness (QED) is 0.912. The van der Waals surface area contributed by atoms with Crippen LogP contribution in [-0.2, 0) is 13.6 Å². The Morgan fingerprint density at radius 3 is 2.86 bits per heavy atom. The summed E-state index contributed by atoms with van der Waals surface area (Å²) in [6, 6.07) is 0.745. The molecule has 3 heterocycles. The molecule has 0 aromatic carbocycles. The molecular formula is C16H29N5. The summed E-state index contributed by atoms with van der Waals surface area (Å²) >= 11 is 0. The van der Waals surface area contributed by atoms with E-state index in [4.69, 9.17) is 0 Å². The second-order valence-corrected chi connectivity index (χ2v) is 6.42. The number of aromatic nitrogens is 2. The molecule has 5 heteroatoms. The minimum atomic E-state index is 0.745. The third-order valence-electron chi connectivity index (χ3n) is 4.97. The van der Waals surface area contributed by atoms with Gasteiger partial charge in [0, 0.05) is 44.8 Å². The van der Waals surface area contributed by atoms with Crippen molar-refractivity contribution in [3.05, 3.63) is 11.3 Å². The second kappa shape index (κ2) is 6.36. The van der Waals surface area contributed by atoms with Crippen molar-refractivity contribution in [1.82, 2.24) is 20.0 Å². The van der Waals surface area contributed by atoms with Crippen LogP contribution >= 0.6 is 0 Å². The Kier molecular flexibility index (Phi) is 4.50. The van der Waals surface area contributed by atoms with Crippen molar-refractivity contribution in [2.75, 3.05) is 37.6 Å². The van der Waals surface area contributed by atoms with Crippen LogP contribution in [0.15, 0.2) is 0 Å². The Morgan fingerprint density at radius 1 is 1.24 bits per heavy atom. The van der Waals surface area contributed by atoms with Gasteiger partial charge in [-0.05, 0) is 39.3 Å². The molecule has 5 nitrogen and oxygen atoms in total. The van der Waals surface area contributed by atoms with Crippen molar-refractivity contribution in [1.29, 1.82) is 0 Å². The average molecular weight is 291 g/mol. The average Bonchev–Trinajstić information content (AvgIpc) is 2.94. The lowest BCUT2D eigenvalue weighted by Crippen LogP contribution is -2.37. The van der Waals surface area contributed by atoms with Gasteiger partial charge in [0.2, 0.25) is 0 Å². The lowest BCUT2D eigenvalue weighted by molar-refractivity contribution is 0.273. The molecule has 2 aliphatic heterocycles. The molecule has 2 saturated heterocycles. The molecule has 0 radical (unpaired) electrons. The van der Waals surface area contributed by atoms with Gasteiger partial charge in [0.1, 0.15) is 5.82 Å². The monoisotopic (exact) mass is 291 g/mol. The minimum Gasteiger partial charge on any atom is -0.355 e. The SMILES string of the molecule is CCNCc1c(C)nn(C)c1N1CCCN2CCCC2C1. The highest BCUT2D eigenvalue weighted by Gasteiger charge is 2.30. The van der Waals surface area contributed by atoms with Crippen LogP contribution in [0.5, 0.6) is 0 Å². The van der Waals surface area contributed by atoms with Gasteiger partial charge in [-0.1, -0.05) is 6.92 Å². The second-order valence-electron chi connectivity index (χ2n) is 6.42. The zero-order valence-corrected chi connectivity index (χ0v) is 13.7. The number of nitrogens with one attached hydrogen (secondary N) is 1. The number of nitrogens with zero attached hydrogens (tertiary/aromatic N) is 4. The summed E-state index contributed by atoms with van der Waals surface area (Å²) in [5.74, 6) is 1.34. The Hall–Kier alpha value is -1.07. The van der Waals surface area contributed by atoms with Crippen LogP contribution in [0, 0.1) is 6.92 Å². The molecule has 1 N–H and O–H groups in total. The van der Waals surface area contributed by atoms with Crippen LogP contribution in [0.3, 0.4) is 0 Å². The van der Waals surface area contributed by atoms with Gasteiger partial charge in [-0.3, -0.25) is 9.58 Å². The Morgan fingerprint density at radius 2 is 2.05 bits per heavy atom. The third-order valence-corrected chi connectivity index (χ3v) is 4.97. The minimum absolute atomic E-state index is 0.745. The number of rotatable bonds is 4. The normalized spacial score (nSPS) is 23.4. The zero-order valence-electron chi connectivity index (χ0n) is 13.7. The first-order chi connectivity index (χ1) is 10.2. The highest BCUT2D eigenvalue weighted by Crippen LogP contribution is 2.28. The van der Waals surface area contributed by atoms with Crippen molar-refractivity contribution in [3.63, 3.8) is 0 Å². The van der Waals surface area contributed by atoms with Crippen LogP contribution < -0.4 is 10.2 Å². The molecule has 118 valence electrons. The largest absolute Gasteiger partial charge is 0.355 e. The smallest absolute Gasteiger partial charge is 0.131 e. The molecule has 1 aromatic rings. The van der Waals surface area contributed by atoms with Gasteiger partial charge >= 0.3 is 0 Å². The van der Waals surface area contributed by atoms with Gasteiger partial charge in [0.15, 0.2) is 0 Å². The van der Waals surface area contributed by atoms with Crippen LogP contribution in [-0.4, -0.2) is 53.4 Å². The summed E-state index contributed by atoms with van der Waals surface area (Å²) in [7, 11) is 2.09. The van der Waals surface area contributed by atoms with E-state index in [9.17, 15) is 0 Å². The van der Waals surface area contributed by atoms with Gasteiger partial charge in [-0.25, -0.2) is 0 Å². The van der Waals surface area contributed by atoms with E-state index in [0.29, 0.717) is 0 Å². The Balaban J connectivity index is 1.84. The van der Waals surface area contributed by atoms with E-state index >= 15 is 0 Å². The molecular weight excluding hydrogens is 262 g/mol. The standard InChI is InChI=1S/C16H29N5/c1-4-17-11-15-13(2)18-19(3)16(15)21-10-6-9-20-8-5-7-14(20)12-21/h14,17H,4-12H2,1-3H3. The maximum Gasteiger partial charge on any atom is 0.131 e. The predicted molar refractivity (Wildman–Crippen MR) is 86.8 cm³/mol. The van der Waals surface area contributed by atoms with Crippen molar-refractivity contribution >= 4 is 5.82 Å². The van der Waals surface area contributed by atoms with Gasteiger partial charge < -0.3 is 10.2 Å². The van der Waals surface area contributed by atoms with Crippen LogP contribution in [0.4, 0.5) is 5.82 Å². The maximum atomic E-state index is 4.68. The van der Waals surface area contributed by atoms with Gasteiger partial charge in [-0.2, -0.15) is 5.10 Å². The number of hydrogen-bond acceptors (Lipinski definition) is 4. The summed E-state index contributed by atoms with van der Waals surface area (Å²) in [5.41, 5.74) is 2.55. The van der Waals surface area contributed by atoms with Gasteiger partial charge in [0.25, 0.3) is 0 Å². The molecule has 0 spiro atoms. The molecule has 21 heavy (non-hydrogen) atoms. The summed E-state index contributed by atoms with van der Waals surface area (Å²) in [4.78, 5) is 5.27. The number of hydrogen-bond donors (Lipinski definition) is 1. The molecule has 1 aromatic heterocycles. The lowest BCUT2D eigenvalue weighted by Gasteiger charge is -2.28. The molecule has 2 aliphatic rings. The van der Waals surface area contributed by atoms with E-state index in [0.717, 1.165) is 32.2 Å². The molecule has 0 amide bonds. The number of anilines is 1. The molecule has 1 unspecified atom stereocenters. The fourth-order valence-electron chi connectivity index (χ4n) is 3.94. The van der Waals surface area contributed by atoms with Crippen molar-refractivity contribution in [2.24, 2.45) is 7.05 Å². The molecule has 1 atom stereocenters. The molecule has 0 saturated carbocycles. The lowest BCUT2D eigenvalue weighted by atomic mass is 10.2. The van der Waals surface area contributed by atoms with E-state index < -0.39 is 0 Å². The third kappa shape index (κ3) is 2.94. The first-order valence-corrected chi connectivity index (χ1v) is 8.43. The molecule has 2 fully saturated rings. The summed E-state index contributed by atoms with van der Waals surface area (Å²) < 4.78 is 2.09. The van der Waals surface area contributed by atoms with E-state index in [1.165, 1.54) is 49.4 Å². The molecule has 3 rings (SSSR count). The topological polar surface area (TPSA) is 36.3 Å². The fraction of sp³-hybridized carbons (Fsp3) is 0.812. The van der Waals surface area contributed by atoms with E-state index in [2.05, 4.69) is 45.8 Å². The van der Waals surface area contributed by atoms with E-state index in [1.54, 1.807) is 0 Å². The molecule has 0 aliphatic carbocycles. The Labute approximate surface area is 128 Å². The van der Waals surface area contributed by atoms with Crippen molar-refractivity contribution < 1.29 is 0 Å². The summed E-state index contributed by atoms with van der Waals surface area (Å²) in [5, 5.41) is 8.15. The van der Waals surface area contributed by atoms with Crippen molar-refractivity contribution in [3.8, 4) is 0 Å². The fourth-order valence-corrected chi connectivity index (χ4v) is 3.94. The molecule has 0 bridgehead atoms.